The first-order chi connectivity index (χ1) is 10.6. The average molecular weight is 302 g/mol. The number of rotatable bonds is 3. The van der Waals surface area contributed by atoms with E-state index in [1.807, 2.05) is 0 Å². The molecule has 22 heavy (non-hydrogen) atoms. The van der Waals surface area contributed by atoms with E-state index in [-0.39, 0.29) is 18.4 Å². The second kappa shape index (κ2) is 5.81. The Morgan fingerprint density at radius 2 is 2.27 bits per heavy atom. The molecule has 2 heterocycles. The Balaban J connectivity index is 1.93. The van der Waals surface area contributed by atoms with Gasteiger partial charge >= 0.3 is 5.63 Å². The molecule has 1 aromatic heterocycles. The first kappa shape index (κ1) is 14.6. The van der Waals surface area contributed by atoms with E-state index in [9.17, 15) is 9.59 Å². The predicted molar refractivity (Wildman–Crippen MR) is 81.9 cm³/mol. The van der Waals surface area contributed by atoms with Crippen LogP contribution >= 0.6 is 0 Å². The van der Waals surface area contributed by atoms with E-state index in [4.69, 9.17) is 14.9 Å². The molecule has 3 rings (SSSR count). The molecule has 1 aromatic carbocycles. The van der Waals surface area contributed by atoms with Crippen LogP contribution in [0.25, 0.3) is 11.0 Å². The lowest BCUT2D eigenvalue weighted by Crippen LogP contribution is -2.33. The Kier molecular flexibility index (Phi) is 3.85. The van der Waals surface area contributed by atoms with Gasteiger partial charge in [-0.15, -0.1) is 0 Å². The van der Waals surface area contributed by atoms with Crippen LogP contribution in [-0.4, -0.2) is 37.0 Å². The van der Waals surface area contributed by atoms with Gasteiger partial charge in [0.15, 0.2) is 0 Å². The van der Waals surface area contributed by atoms with Gasteiger partial charge in [0, 0.05) is 36.7 Å². The van der Waals surface area contributed by atoms with Gasteiger partial charge in [0.25, 0.3) is 0 Å². The largest absolute Gasteiger partial charge is 0.497 e. The molecule has 1 saturated heterocycles. The second-order valence-electron chi connectivity index (χ2n) is 5.52. The van der Waals surface area contributed by atoms with Crippen molar-refractivity contribution in [1.29, 1.82) is 0 Å². The standard InChI is InChI=1S/C16H18N2O4/c1-21-12-2-3-13-10(7-16(20)22-14(13)8-12)6-15(19)18-5-4-11(17)9-18/h2-3,7-8,11H,4-6,9,17H2,1H3. The van der Waals surface area contributed by atoms with Gasteiger partial charge in [-0.25, -0.2) is 4.79 Å². The first-order valence-electron chi connectivity index (χ1n) is 7.21. The van der Waals surface area contributed by atoms with Crippen molar-refractivity contribution in [3.8, 4) is 5.75 Å². The molecule has 2 aromatic rings. The van der Waals surface area contributed by atoms with Gasteiger partial charge < -0.3 is 19.8 Å². The molecule has 0 aliphatic carbocycles. The topological polar surface area (TPSA) is 85.8 Å². The molecule has 0 radical (unpaired) electrons. The van der Waals surface area contributed by atoms with Crippen LogP contribution in [0.2, 0.25) is 0 Å². The van der Waals surface area contributed by atoms with Crippen molar-refractivity contribution in [2.45, 2.75) is 18.9 Å². The highest BCUT2D eigenvalue weighted by molar-refractivity contribution is 5.87. The summed E-state index contributed by atoms with van der Waals surface area (Å²) < 4.78 is 10.3. The maximum absolute atomic E-state index is 12.4. The number of benzene rings is 1. The Labute approximate surface area is 127 Å². The highest BCUT2D eigenvalue weighted by Gasteiger charge is 2.24. The summed E-state index contributed by atoms with van der Waals surface area (Å²) in [5.74, 6) is 0.584. The molecule has 1 unspecified atom stereocenters. The van der Waals surface area contributed by atoms with Crippen LogP contribution in [0, 0.1) is 0 Å². The fraction of sp³-hybridized carbons (Fsp3) is 0.375. The van der Waals surface area contributed by atoms with Crippen LogP contribution in [0.3, 0.4) is 0 Å². The molecule has 0 saturated carbocycles. The number of nitrogens with two attached hydrogens (primary N) is 1. The Morgan fingerprint density at radius 3 is 2.95 bits per heavy atom. The van der Waals surface area contributed by atoms with E-state index in [2.05, 4.69) is 0 Å². The van der Waals surface area contributed by atoms with Crippen molar-refractivity contribution < 1.29 is 13.9 Å². The summed E-state index contributed by atoms with van der Waals surface area (Å²) >= 11 is 0. The zero-order chi connectivity index (χ0) is 15.7. The number of ether oxygens (including phenoxy) is 1. The van der Waals surface area contributed by atoms with Gasteiger partial charge in [0.05, 0.1) is 13.5 Å². The molecule has 1 aliphatic heterocycles. The van der Waals surface area contributed by atoms with Crippen molar-refractivity contribution >= 4 is 16.9 Å². The minimum atomic E-state index is -0.471. The van der Waals surface area contributed by atoms with Crippen molar-refractivity contribution in [1.82, 2.24) is 4.90 Å². The van der Waals surface area contributed by atoms with E-state index in [1.54, 1.807) is 30.2 Å². The molecule has 1 amide bonds. The molecular formula is C16H18N2O4. The maximum Gasteiger partial charge on any atom is 0.336 e. The Bertz CT molecular complexity index is 768. The van der Waals surface area contributed by atoms with E-state index < -0.39 is 5.63 Å². The van der Waals surface area contributed by atoms with E-state index in [1.165, 1.54) is 6.07 Å². The maximum atomic E-state index is 12.4. The lowest BCUT2D eigenvalue weighted by atomic mass is 10.1. The summed E-state index contributed by atoms with van der Waals surface area (Å²) in [7, 11) is 1.54. The molecule has 1 fully saturated rings. The van der Waals surface area contributed by atoms with E-state index in [0.717, 1.165) is 11.8 Å². The van der Waals surface area contributed by atoms with Gasteiger partial charge in [0.1, 0.15) is 11.3 Å². The molecule has 0 bridgehead atoms. The third-order valence-electron chi connectivity index (χ3n) is 3.96. The summed E-state index contributed by atoms with van der Waals surface area (Å²) in [4.78, 5) is 25.8. The number of carbonyl (C=O) groups is 1. The van der Waals surface area contributed by atoms with Gasteiger partial charge in [-0.1, -0.05) is 0 Å². The zero-order valence-electron chi connectivity index (χ0n) is 12.4. The molecule has 6 nitrogen and oxygen atoms in total. The van der Waals surface area contributed by atoms with Crippen molar-refractivity contribution in [2.24, 2.45) is 5.73 Å². The van der Waals surface area contributed by atoms with E-state index >= 15 is 0 Å². The Morgan fingerprint density at radius 1 is 1.45 bits per heavy atom. The highest BCUT2D eigenvalue weighted by Crippen LogP contribution is 2.23. The quantitative estimate of drug-likeness (QED) is 0.852. The van der Waals surface area contributed by atoms with Crippen LogP contribution in [0.5, 0.6) is 5.75 Å². The van der Waals surface area contributed by atoms with Crippen molar-refractivity contribution in [3.05, 3.63) is 40.2 Å². The summed E-state index contributed by atoms with van der Waals surface area (Å²) in [5.41, 5.74) is 6.45. The number of hydrogen-bond donors (Lipinski definition) is 1. The molecule has 116 valence electrons. The number of hydrogen-bond acceptors (Lipinski definition) is 5. The molecular weight excluding hydrogens is 284 g/mol. The number of fused-ring (bicyclic) bond motifs is 1. The van der Waals surface area contributed by atoms with Crippen molar-refractivity contribution in [2.75, 3.05) is 20.2 Å². The number of methoxy groups -OCH3 is 1. The summed E-state index contributed by atoms with van der Waals surface area (Å²) in [5, 5.41) is 0.747. The lowest BCUT2D eigenvalue weighted by molar-refractivity contribution is -0.129. The van der Waals surface area contributed by atoms with Gasteiger partial charge in [-0.05, 0) is 24.1 Å². The minimum Gasteiger partial charge on any atom is -0.497 e. The molecule has 0 spiro atoms. The van der Waals surface area contributed by atoms with Crippen LogP contribution in [0.15, 0.2) is 33.5 Å². The predicted octanol–water partition coefficient (Wildman–Crippen LogP) is 0.904. The third-order valence-corrected chi connectivity index (χ3v) is 3.96. The monoisotopic (exact) mass is 302 g/mol. The van der Waals surface area contributed by atoms with Crippen LogP contribution in [0.1, 0.15) is 12.0 Å². The Hall–Kier alpha value is -2.34. The number of amides is 1. The zero-order valence-corrected chi connectivity index (χ0v) is 12.4. The van der Waals surface area contributed by atoms with Crippen molar-refractivity contribution in [3.63, 3.8) is 0 Å². The SMILES string of the molecule is COc1ccc2c(CC(=O)N3CCC(N)C3)cc(=O)oc2c1. The summed E-state index contributed by atoms with van der Waals surface area (Å²) in [6, 6.07) is 6.65. The number of nitrogens with zero attached hydrogens (tertiary/aromatic N) is 1. The van der Waals surface area contributed by atoms with E-state index in [0.29, 0.717) is 30.0 Å². The fourth-order valence-corrected chi connectivity index (χ4v) is 2.77. The van der Waals surface area contributed by atoms with Crippen LogP contribution in [-0.2, 0) is 11.2 Å². The number of carbonyl (C=O) groups excluding carboxylic acids is 1. The lowest BCUT2D eigenvalue weighted by Gasteiger charge is -2.16. The molecule has 6 heteroatoms. The molecule has 1 aliphatic rings. The molecule has 1 atom stereocenters. The number of likely N-dealkylation sites (tertiary alicyclic amines) is 1. The van der Waals surface area contributed by atoms with Gasteiger partial charge in [0.2, 0.25) is 5.91 Å². The normalized spacial score (nSPS) is 17.9. The first-order valence-corrected chi connectivity index (χ1v) is 7.21. The smallest absolute Gasteiger partial charge is 0.336 e. The highest BCUT2D eigenvalue weighted by atomic mass is 16.5. The van der Waals surface area contributed by atoms with Gasteiger partial charge in [-0.3, -0.25) is 4.79 Å². The fourth-order valence-electron chi connectivity index (χ4n) is 2.77. The van der Waals surface area contributed by atoms with Gasteiger partial charge in [-0.2, -0.15) is 0 Å². The van der Waals surface area contributed by atoms with Crippen LogP contribution < -0.4 is 16.1 Å². The second-order valence-corrected chi connectivity index (χ2v) is 5.52. The molecule has 2 N–H and O–H groups in total. The average Bonchev–Trinajstić information content (AvgIpc) is 2.93. The minimum absolute atomic E-state index is 0.0179. The summed E-state index contributed by atoms with van der Waals surface area (Å²) in [6.07, 6.45) is 0.988. The summed E-state index contributed by atoms with van der Waals surface area (Å²) in [6.45, 7) is 1.25. The third kappa shape index (κ3) is 2.82. The van der Waals surface area contributed by atoms with Crippen LogP contribution in [0.4, 0.5) is 0 Å².